The average molecular weight is 224 g/mol. The van der Waals surface area contributed by atoms with Crippen molar-refractivity contribution in [3.05, 3.63) is 12.7 Å². The molecule has 2 fully saturated rings. The molecule has 3 nitrogen and oxygen atoms in total. The van der Waals surface area contributed by atoms with Crippen LogP contribution in [0.5, 0.6) is 0 Å². The summed E-state index contributed by atoms with van der Waals surface area (Å²) in [6.07, 6.45) is 4.88. The summed E-state index contributed by atoms with van der Waals surface area (Å²) in [5.74, 6) is 0.802. The topological polar surface area (TPSA) is 46.5 Å². The molecule has 5 atom stereocenters. The highest BCUT2D eigenvalue weighted by atomic mass is 16.5. The quantitative estimate of drug-likeness (QED) is 0.575. The van der Waals surface area contributed by atoms with Crippen LogP contribution in [0.15, 0.2) is 12.7 Å². The highest BCUT2D eigenvalue weighted by Crippen LogP contribution is 2.43. The van der Waals surface area contributed by atoms with Crippen molar-refractivity contribution in [2.45, 2.75) is 44.8 Å². The summed E-state index contributed by atoms with van der Waals surface area (Å²) >= 11 is 0. The van der Waals surface area contributed by atoms with Crippen molar-refractivity contribution in [1.82, 2.24) is 0 Å². The second-order valence-electron chi connectivity index (χ2n) is 5.23. The maximum absolute atomic E-state index is 11.2. The van der Waals surface area contributed by atoms with E-state index in [0.717, 1.165) is 25.7 Å². The SMILES string of the molecule is C=CC(=O)OC1CCC2CC(C)C(O)C1C2. The third-order valence-corrected chi connectivity index (χ3v) is 4.10. The second kappa shape index (κ2) is 4.58. The van der Waals surface area contributed by atoms with E-state index >= 15 is 0 Å². The van der Waals surface area contributed by atoms with Gasteiger partial charge in [0, 0.05) is 12.0 Å². The second-order valence-corrected chi connectivity index (χ2v) is 5.23. The molecule has 2 aliphatic rings. The van der Waals surface area contributed by atoms with Gasteiger partial charge in [-0.1, -0.05) is 13.5 Å². The van der Waals surface area contributed by atoms with Crippen molar-refractivity contribution >= 4 is 5.97 Å². The fraction of sp³-hybridized carbons (Fsp3) is 0.769. The van der Waals surface area contributed by atoms with Gasteiger partial charge in [0.1, 0.15) is 6.10 Å². The van der Waals surface area contributed by atoms with Crippen LogP contribution in [0, 0.1) is 17.8 Å². The van der Waals surface area contributed by atoms with Crippen LogP contribution in [-0.4, -0.2) is 23.3 Å². The summed E-state index contributed by atoms with van der Waals surface area (Å²) in [7, 11) is 0. The number of fused-ring (bicyclic) bond motifs is 2. The molecule has 0 spiro atoms. The zero-order chi connectivity index (χ0) is 11.7. The number of carbonyl (C=O) groups excluding carboxylic acids is 1. The van der Waals surface area contributed by atoms with Gasteiger partial charge in [-0.25, -0.2) is 4.79 Å². The van der Waals surface area contributed by atoms with Crippen molar-refractivity contribution < 1.29 is 14.6 Å². The monoisotopic (exact) mass is 224 g/mol. The molecule has 5 unspecified atom stereocenters. The van der Waals surface area contributed by atoms with E-state index in [-0.39, 0.29) is 24.1 Å². The Morgan fingerprint density at radius 1 is 1.44 bits per heavy atom. The number of esters is 1. The van der Waals surface area contributed by atoms with E-state index < -0.39 is 0 Å². The maximum atomic E-state index is 11.2. The number of carbonyl (C=O) groups is 1. The number of aliphatic hydroxyl groups is 1. The van der Waals surface area contributed by atoms with Gasteiger partial charge in [-0.3, -0.25) is 0 Å². The van der Waals surface area contributed by atoms with Crippen molar-refractivity contribution in [3.63, 3.8) is 0 Å². The van der Waals surface area contributed by atoms with Crippen molar-refractivity contribution in [3.8, 4) is 0 Å². The first-order valence-electron chi connectivity index (χ1n) is 6.13. The van der Waals surface area contributed by atoms with Crippen molar-refractivity contribution in [2.24, 2.45) is 17.8 Å². The van der Waals surface area contributed by atoms with Crippen LogP contribution in [0.3, 0.4) is 0 Å². The normalized spacial score (nSPS) is 42.5. The Balaban J connectivity index is 2.04. The fourth-order valence-electron chi connectivity index (χ4n) is 3.27. The molecule has 16 heavy (non-hydrogen) atoms. The van der Waals surface area contributed by atoms with Crippen LogP contribution in [0.4, 0.5) is 0 Å². The minimum absolute atomic E-state index is 0.112. The number of rotatable bonds is 2. The smallest absolute Gasteiger partial charge is 0.330 e. The van der Waals surface area contributed by atoms with Gasteiger partial charge in [0.15, 0.2) is 0 Å². The molecule has 2 bridgehead atoms. The molecule has 2 rings (SSSR count). The molecule has 2 saturated carbocycles. The van der Waals surface area contributed by atoms with Gasteiger partial charge < -0.3 is 9.84 Å². The van der Waals surface area contributed by atoms with E-state index in [0.29, 0.717) is 11.8 Å². The molecular formula is C13H20O3. The number of hydrogen-bond acceptors (Lipinski definition) is 3. The minimum atomic E-state index is -0.367. The molecule has 0 radical (unpaired) electrons. The van der Waals surface area contributed by atoms with Gasteiger partial charge in [0.25, 0.3) is 0 Å². The molecule has 0 aromatic rings. The number of hydrogen-bond donors (Lipinski definition) is 1. The van der Waals surface area contributed by atoms with E-state index in [4.69, 9.17) is 4.74 Å². The Kier molecular flexibility index (Phi) is 3.33. The number of aliphatic hydroxyl groups excluding tert-OH is 1. The molecule has 0 aromatic heterocycles. The van der Waals surface area contributed by atoms with Crippen LogP contribution in [-0.2, 0) is 9.53 Å². The molecule has 0 aromatic carbocycles. The first-order chi connectivity index (χ1) is 7.61. The van der Waals surface area contributed by atoms with Crippen molar-refractivity contribution in [1.29, 1.82) is 0 Å². The molecule has 2 aliphatic carbocycles. The summed E-state index contributed by atoms with van der Waals surface area (Å²) in [6, 6.07) is 0. The lowest BCUT2D eigenvalue weighted by molar-refractivity contribution is -0.157. The largest absolute Gasteiger partial charge is 0.459 e. The van der Waals surface area contributed by atoms with Gasteiger partial charge in [0.05, 0.1) is 6.10 Å². The standard InChI is InChI=1S/C13H20O3/c1-3-12(14)16-11-5-4-9-6-8(2)13(15)10(11)7-9/h3,8-11,13,15H,1,4-7H2,2H3. The molecule has 0 amide bonds. The van der Waals surface area contributed by atoms with Crippen LogP contribution >= 0.6 is 0 Å². The zero-order valence-corrected chi connectivity index (χ0v) is 9.76. The van der Waals surface area contributed by atoms with Gasteiger partial charge in [0.2, 0.25) is 0 Å². The third kappa shape index (κ3) is 2.14. The van der Waals surface area contributed by atoms with Gasteiger partial charge >= 0.3 is 5.97 Å². The van der Waals surface area contributed by atoms with Gasteiger partial charge in [-0.2, -0.15) is 0 Å². The first kappa shape index (κ1) is 11.6. The molecule has 1 N–H and O–H groups in total. The molecule has 0 aliphatic heterocycles. The predicted molar refractivity (Wildman–Crippen MR) is 60.7 cm³/mol. The first-order valence-corrected chi connectivity index (χ1v) is 6.13. The maximum Gasteiger partial charge on any atom is 0.330 e. The lowest BCUT2D eigenvalue weighted by Crippen LogP contribution is -2.46. The molecule has 0 heterocycles. The molecule has 90 valence electrons. The number of ether oxygens (including phenoxy) is 1. The Bertz CT molecular complexity index is 287. The highest BCUT2D eigenvalue weighted by Gasteiger charge is 2.43. The fourth-order valence-corrected chi connectivity index (χ4v) is 3.27. The highest BCUT2D eigenvalue weighted by molar-refractivity contribution is 5.81. The summed E-state index contributed by atoms with van der Waals surface area (Å²) in [5, 5.41) is 10.1. The zero-order valence-electron chi connectivity index (χ0n) is 9.76. The summed E-state index contributed by atoms with van der Waals surface area (Å²) in [6.45, 7) is 5.49. The molecule has 3 heteroatoms. The average Bonchev–Trinajstić information content (AvgIpc) is 2.28. The van der Waals surface area contributed by atoms with Crippen LogP contribution in [0.1, 0.15) is 32.6 Å². The molecular weight excluding hydrogens is 204 g/mol. The third-order valence-electron chi connectivity index (χ3n) is 4.10. The summed E-state index contributed by atoms with van der Waals surface area (Å²) < 4.78 is 5.33. The van der Waals surface area contributed by atoms with Crippen LogP contribution in [0.25, 0.3) is 0 Å². The Labute approximate surface area is 96.5 Å². The van der Waals surface area contributed by atoms with E-state index in [1.807, 2.05) is 0 Å². The summed E-state index contributed by atoms with van der Waals surface area (Å²) in [4.78, 5) is 11.2. The lowest BCUT2D eigenvalue weighted by Gasteiger charge is -2.45. The van der Waals surface area contributed by atoms with E-state index in [1.54, 1.807) is 0 Å². The Morgan fingerprint density at radius 2 is 2.19 bits per heavy atom. The summed E-state index contributed by atoms with van der Waals surface area (Å²) in [5.41, 5.74) is 0. The van der Waals surface area contributed by atoms with Gasteiger partial charge in [-0.05, 0) is 37.5 Å². The molecule has 0 saturated heterocycles. The van der Waals surface area contributed by atoms with Crippen LogP contribution in [0.2, 0.25) is 0 Å². The van der Waals surface area contributed by atoms with E-state index in [1.165, 1.54) is 6.08 Å². The Morgan fingerprint density at radius 3 is 2.88 bits per heavy atom. The van der Waals surface area contributed by atoms with E-state index in [2.05, 4.69) is 13.5 Å². The van der Waals surface area contributed by atoms with Gasteiger partial charge in [-0.15, -0.1) is 0 Å². The Hall–Kier alpha value is -0.830. The van der Waals surface area contributed by atoms with Crippen LogP contribution < -0.4 is 0 Å². The van der Waals surface area contributed by atoms with Crippen molar-refractivity contribution in [2.75, 3.05) is 0 Å². The predicted octanol–water partition coefficient (Wildman–Crippen LogP) is 1.90. The lowest BCUT2D eigenvalue weighted by atomic mass is 9.65. The minimum Gasteiger partial charge on any atom is -0.459 e. The van der Waals surface area contributed by atoms with E-state index in [9.17, 15) is 9.90 Å².